The van der Waals surface area contributed by atoms with Crippen LogP contribution in [-0.2, 0) is 16.0 Å². The summed E-state index contributed by atoms with van der Waals surface area (Å²) >= 11 is 3.67. The van der Waals surface area contributed by atoms with E-state index in [-0.39, 0.29) is 11.7 Å². The summed E-state index contributed by atoms with van der Waals surface area (Å²) in [6.07, 6.45) is 6.89. The molecule has 0 bridgehead atoms. The fourth-order valence-electron chi connectivity index (χ4n) is 4.62. The number of nitrogens with zero attached hydrogens (tertiary/aromatic N) is 2. The fraction of sp³-hybridized carbons (Fsp3) is 0.257. The van der Waals surface area contributed by atoms with Gasteiger partial charge in [0.15, 0.2) is 0 Å². The van der Waals surface area contributed by atoms with Crippen LogP contribution < -0.4 is 0 Å². The number of ether oxygens (including phenoxy) is 1. The van der Waals surface area contributed by atoms with Crippen LogP contribution in [0.3, 0.4) is 0 Å². The normalized spacial score (nSPS) is 10.4. The number of carbonyl (C=O) groups is 1. The number of carbonyl (C=O) groups excluding carboxylic acids is 1. The van der Waals surface area contributed by atoms with Crippen LogP contribution in [0.2, 0.25) is 0 Å². The van der Waals surface area contributed by atoms with Crippen molar-refractivity contribution in [3.8, 4) is 0 Å². The Labute approximate surface area is 245 Å². The van der Waals surface area contributed by atoms with Crippen molar-refractivity contribution < 1.29 is 9.53 Å². The van der Waals surface area contributed by atoms with E-state index in [4.69, 9.17) is 0 Å². The average molecular weight is 553 g/mol. The van der Waals surface area contributed by atoms with Crippen molar-refractivity contribution in [2.75, 3.05) is 25.4 Å². The second-order valence-corrected chi connectivity index (χ2v) is 9.70. The molecule has 0 atom stereocenters. The fourth-order valence-corrected chi connectivity index (χ4v) is 4.71. The Balaban J connectivity index is 0.000000559. The molecule has 5 heteroatoms. The minimum Gasteiger partial charge on any atom is -0.465 e. The Morgan fingerprint density at radius 2 is 1.40 bits per heavy atom. The quantitative estimate of drug-likeness (QED) is 0.136. The van der Waals surface area contributed by atoms with Gasteiger partial charge in [0.1, 0.15) is 0 Å². The van der Waals surface area contributed by atoms with E-state index >= 15 is 0 Å². The third-order valence-electron chi connectivity index (χ3n) is 6.66. The van der Waals surface area contributed by atoms with Crippen molar-refractivity contribution in [1.29, 1.82) is 0 Å². The van der Waals surface area contributed by atoms with E-state index in [1.165, 1.54) is 16.7 Å². The molecule has 0 amide bonds. The highest BCUT2D eigenvalue weighted by molar-refractivity contribution is 7.81. The summed E-state index contributed by atoms with van der Waals surface area (Å²) in [5.74, 6) is 0.272. The Morgan fingerprint density at radius 3 is 1.90 bits per heavy atom. The molecular weight excluding hydrogens is 512 g/mol. The molecule has 1 aromatic heterocycles. The van der Waals surface area contributed by atoms with Crippen molar-refractivity contribution in [1.82, 2.24) is 9.88 Å². The topological polar surface area (TPSA) is 42.4 Å². The molecule has 0 aliphatic rings. The maximum absolute atomic E-state index is 10.1. The molecule has 0 unspecified atom stereocenters. The van der Waals surface area contributed by atoms with E-state index in [1.807, 2.05) is 12.4 Å². The van der Waals surface area contributed by atoms with Crippen molar-refractivity contribution in [2.45, 2.75) is 32.1 Å². The Morgan fingerprint density at radius 1 is 0.850 bits per heavy atom. The molecule has 3 aromatic carbocycles. The lowest BCUT2D eigenvalue weighted by molar-refractivity contribution is -0.139. The summed E-state index contributed by atoms with van der Waals surface area (Å²) in [7, 11) is 0. The van der Waals surface area contributed by atoms with Crippen molar-refractivity contribution in [3.63, 3.8) is 0 Å². The first-order valence-electron chi connectivity index (χ1n) is 13.9. The molecule has 0 radical (unpaired) electrons. The largest absolute Gasteiger partial charge is 0.465 e. The summed E-state index contributed by atoms with van der Waals surface area (Å²) in [5.41, 5.74) is 6.33. The molecule has 208 valence electrons. The highest BCUT2D eigenvalue weighted by atomic mass is 32.1. The number of benzene rings is 3. The average Bonchev–Trinajstić information content (AvgIpc) is 3.02. The predicted molar refractivity (Wildman–Crippen MR) is 169 cm³/mol. The van der Waals surface area contributed by atoms with E-state index in [1.54, 1.807) is 6.92 Å². The summed E-state index contributed by atoms with van der Waals surface area (Å²) in [4.78, 5) is 16.8. The molecule has 40 heavy (non-hydrogen) atoms. The molecule has 4 aromatic rings. The number of hydrogen-bond donors (Lipinski definition) is 1. The number of rotatable bonds is 13. The van der Waals surface area contributed by atoms with Gasteiger partial charge >= 0.3 is 5.97 Å². The molecule has 4 rings (SSSR count). The van der Waals surface area contributed by atoms with Gasteiger partial charge < -0.3 is 9.64 Å². The van der Waals surface area contributed by atoms with Crippen LogP contribution in [0.1, 0.15) is 47.9 Å². The van der Waals surface area contributed by atoms with Gasteiger partial charge in [-0.15, -0.1) is 0 Å². The smallest absolute Gasteiger partial charge is 0.315 e. The zero-order valence-electron chi connectivity index (χ0n) is 23.4. The van der Waals surface area contributed by atoms with Crippen molar-refractivity contribution in [2.24, 2.45) is 0 Å². The zero-order valence-corrected chi connectivity index (χ0v) is 24.3. The summed E-state index contributed by atoms with van der Waals surface area (Å²) < 4.78 is 4.48. The van der Waals surface area contributed by atoms with E-state index < -0.39 is 0 Å². The molecule has 0 N–H and O–H groups in total. The van der Waals surface area contributed by atoms with E-state index in [0.717, 1.165) is 43.6 Å². The lowest BCUT2D eigenvalue weighted by Crippen LogP contribution is -2.26. The van der Waals surface area contributed by atoms with Gasteiger partial charge in [0.05, 0.1) is 12.4 Å². The minimum absolute atomic E-state index is 0.174. The monoisotopic (exact) mass is 552 g/mol. The molecule has 0 saturated heterocycles. The van der Waals surface area contributed by atoms with Crippen LogP contribution in [0.15, 0.2) is 122 Å². The van der Waals surface area contributed by atoms with E-state index in [9.17, 15) is 4.79 Å². The summed E-state index contributed by atoms with van der Waals surface area (Å²) in [5, 5.41) is 0. The lowest BCUT2D eigenvalue weighted by atomic mass is 9.88. The second-order valence-electron chi connectivity index (χ2n) is 9.38. The van der Waals surface area contributed by atoms with Gasteiger partial charge in [-0.05, 0) is 55.0 Å². The summed E-state index contributed by atoms with van der Waals surface area (Å²) in [6.45, 7) is 8.61. The molecule has 0 aliphatic heterocycles. The van der Waals surface area contributed by atoms with Crippen LogP contribution in [0.4, 0.5) is 0 Å². The minimum atomic E-state index is -0.258. The van der Waals surface area contributed by atoms with Gasteiger partial charge in [0.2, 0.25) is 0 Å². The molecular formula is C35H40N2O2S. The van der Waals surface area contributed by atoms with E-state index in [2.05, 4.69) is 137 Å². The van der Waals surface area contributed by atoms with Crippen LogP contribution in [-0.4, -0.2) is 41.3 Å². The standard InChI is InChI=1S/C31H32N2.C4H8O2S/c1-26(28-19-22-32-23-20-28)33(24-11-14-27-12-5-2-6-13-27)25-21-31(29-15-7-3-8-16-29)30-17-9-4-10-18-30;1-2-6-4(5)3-7/h2-10,12-13,15-20,22-23,31H,1,11,14,21,24-25H2;7H,2-3H2,1H3. The number of aromatic nitrogens is 1. The van der Waals surface area contributed by atoms with Crippen LogP contribution in [0, 0.1) is 0 Å². The van der Waals surface area contributed by atoms with Gasteiger partial charge in [-0.1, -0.05) is 97.6 Å². The van der Waals surface area contributed by atoms with Gasteiger partial charge in [0.25, 0.3) is 0 Å². The Bertz CT molecular complexity index is 1210. The number of pyridine rings is 1. The first-order chi connectivity index (χ1) is 19.6. The highest BCUT2D eigenvalue weighted by Crippen LogP contribution is 2.29. The second kappa shape index (κ2) is 17.7. The zero-order chi connectivity index (χ0) is 28.4. The highest BCUT2D eigenvalue weighted by Gasteiger charge is 2.17. The van der Waals surface area contributed by atoms with Crippen LogP contribution in [0.25, 0.3) is 5.70 Å². The maximum atomic E-state index is 10.1. The van der Waals surface area contributed by atoms with Crippen LogP contribution in [0.5, 0.6) is 0 Å². The summed E-state index contributed by atoms with van der Waals surface area (Å²) in [6, 6.07) is 36.6. The van der Waals surface area contributed by atoms with E-state index in [0.29, 0.717) is 12.5 Å². The first-order valence-corrected chi connectivity index (χ1v) is 14.5. The third kappa shape index (κ3) is 10.4. The first kappa shape index (κ1) is 30.7. The van der Waals surface area contributed by atoms with Crippen molar-refractivity contribution in [3.05, 3.63) is 144 Å². The van der Waals surface area contributed by atoms with Gasteiger partial charge in [-0.3, -0.25) is 9.78 Å². The molecule has 0 saturated carbocycles. The number of thiol groups is 1. The molecule has 0 spiro atoms. The lowest BCUT2D eigenvalue weighted by Gasteiger charge is -2.29. The maximum Gasteiger partial charge on any atom is 0.315 e. The molecule has 1 heterocycles. The number of hydrogen-bond acceptors (Lipinski definition) is 5. The number of esters is 1. The Kier molecular flexibility index (Phi) is 13.6. The van der Waals surface area contributed by atoms with Gasteiger partial charge in [0, 0.05) is 42.7 Å². The molecule has 0 aliphatic carbocycles. The predicted octanol–water partition coefficient (Wildman–Crippen LogP) is 7.69. The third-order valence-corrected chi connectivity index (χ3v) is 6.92. The Hall–Kier alpha value is -3.83. The van der Waals surface area contributed by atoms with Crippen molar-refractivity contribution >= 4 is 24.3 Å². The molecule has 0 fully saturated rings. The number of aryl methyl sites for hydroxylation is 1. The van der Waals surface area contributed by atoms with Gasteiger partial charge in [-0.25, -0.2) is 0 Å². The molecule has 4 nitrogen and oxygen atoms in total. The van der Waals surface area contributed by atoms with Gasteiger partial charge in [-0.2, -0.15) is 12.6 Å². The van der Waals surface area contributed by atoms with Crippen LogP contribution >= 0.6 is 12.6 Å². The SMILES string of the molecule is C=C(c1ccncc1)N(CCCc1ccccc1)CCC(c1ccccc1)c1ccccc1.CCOC(=O)CS.